The quantitative estimate of drug-likeness (QED) is 0.562. The first-order chi connectivity index (χ1) is 7.63. The molecule has 0 aromatic carbocycles. The Balaban J connectivity index is 3.11. The Morgan fingerprint density at radius 1 is 1.38 bits per heavy atom. The summed E-state index contributed by atoms with van der Waals surface area (Å²) in [4.78, 5) is 7.60. The second-order valence-electron chi connectivity index (χ2n) is 2.79. The topological polar surface area (TPSA) is 82.3 Å². The van der Waals surface area contributed by atoms with Gasteiger partial charge in [-0.3, -0.25) is 5.84 Å². The van der Waals surface area contributed by atoms with E-state index in [0.29, 0.717) is 0 Å². The molecule has 90 valence electrons. The third-order valence-electron chi connectivity index (χ3n) is 1.87. The largest absolute Gasteiger partial charge is 0.480 e. The second kappa shape index (κ2) is 5.52. The van der Waals surface area contributed by atoms with Crippen LogP contribution in [0.2, 0.25) is 0 Å². The van der Waals surface area contributed by atoms with Gasteiger partial charge in [0.2, 0.25) is 11.8 Å². The van der Waals surface area contributed by atoms with Crippen LogP contribution in [0.25, 0.3) is 0 Å². The van der Waals surface area contributed by atoms with Gasteiger partial charge in [-0.2, -0.15) is 4.98 Å². The van der Waals surface area contributed by atoms with Crippen LogP contribution in [0, 0.1) is 0 Å². The number of hydrogen-bond acceptors (Lipinski definition) is 6. The predicted molar refractivity (Wildman–Crippen MR) is 51.2 cm³/mol. The fourth-order valence-electron chi connectivity index (χ4n) is 1.10. The van der Waals surface area contributed by atoms with E-state index in [-0.39, 0.29) is 17.5 Å². The van der Waals surface area contributed by atoms with Crippen molar-refractivity contribution in [2.24, 2.45) is 5.84 Å². The van der Waals surface area contributed by atoms with Crippen molar-refractivity contribution < 1.29 is 18.3 Å². The van der Waals surface area contributed by atoms with Crippen molar-refractivity contribution in [2.75, 3.05) is 14.2 Å². The van der Waals surface area contributed by atoms with Gasteiger partial charge in [-0.1, -0.05) is 0 Å². The maximum Gasteiger partial charge on any atom is 0.260 e. The maximum absolute atomic E-state index is 12.6. The van der Waals surface area contributed by atoms with Crippen LogP contribution in [0.15, 0.2) is 6.20 Å². The third kappa shape index (κ3) is 2.52. The van der Waals surface area contributed by atoms with Crippen molar-refractivity contribution >= 4 is 0 Å². The Bertz CT molecular complexity index is 351. The highest BCUT2D eigenvalue weighted by atomic mass is 19.3. The minimum Gasteiger partial charge on any atom is -0.480 e. The van der Waals surface area contributed by atoms with Gasteiger partial charge < -0.3 is 9.47 Å². The summed E-state index contributed by atoms with van der Waals surface area (Å²) in [5, 5.41) is 0. The summed E-state index contributed by atoms with van der Waals surface area (Å²) < 4.78 is 34.8. The molecular formula is C8H12F2N4O2. The van der Waals surface area contributed by atoms with E-state index >= 15 is 0 Å². The molecule has 0 bridgehead atoms. The van der Waals surface area contributed by atoms with Crippen LogP contribution in [0.4, 0.5) is 8.78 Å². The van der Waals surface area contributed by atoms with Crippen LogP contribution in [-0.2, 0) is 0 Å². The van der Waals surface area contributed by atoms with Crippen molar-refractivity contribution in [1.29, 1.82) is 0 Å². The summed E-state index contributed by atoms with van der Waals surface area (Å²) in [5.74, 6) is 5.13. The molecule has 1 unspecified atom stereocenters. The molecule has 1 heterocycles. The number of rotatable bonds is 5. The van der Waals surface area contributed by atoms with Gasteiger partial charge in [-0.15, -0.1) is 0 Å². The molecule has 0 aliphatic carbocycles. The normalized spacial score (nSPS) is 12.6. The molecular weight excluding hydrogens is 222 g/mol. The molecule has 0 radical (unpaired) electrons. The lowest BCUT2D eigenvalue weighted by molar-refractivity contribution is 0.0947. The van der Waals surface area contributed by atoms with Crippen LogP contribution in [0.1, 0.15) is 11.7 Å². The minimum absolute atomic E-state index is 0.0531. The van der Waals surface area contributed by atoms with E-state index in [2.05, 4.69) is 9.97 Å². The summed E-state index contributed by atoms with van der Waals surface area (Å²) in [7, 11) is 2.68. The van der Waals surface area contributed by atoms with Crippen LogP contribution >= 0.6 is 0 Å². The molecule has 1 aromatic heterocycles. The van der Waals surface area contributed by atoms with Crippen LogP contribution in [0.5, 0.6) is 11.8 Å². The summed E-state index contributed by atoms with van der Waals surface area (Å²) in [6, 6.07) is -1.44. The smallest absolute Gasteiger partial charge is 0.260 e. The Hall–Kier alpha value is -1.54. The molecule has 0 spiro atoms. The lowest BCUT2D eigenvalue weighted by Crippen LogP contribution is -2.34. The number of methoxy groups -OCH3 is 2. The molecule has 0 saturated heterocycles. The third-order valence-corrected chi connectivity index (χ3v) is 1.87. The highest BCUT2D eigenvalue weighted by Crippen LogP contribution is 2.26. The summed E-state index contributed by atoms with van der Waals surface area (Å²) in [6.07, 6.45) is -1.51. The average Bonchev–Trinajstić information content (AvgIpc) is 2.29. The number of halogens is 2. The Morgan fingerprint density at radius 3 is 2.50 bits per heavy atom. The molecule has 16 heavy (non-hydrogen) atoms. The number of alkyl halides is 2. The van der Waals surface area contributed by atoms with E-state index in [1.165, 1.54) is 20.4 Å². The van der Waals surface area contributed by atoms with Gasteiger partial charge in [0.1, 0.15) is 11.7 Å². The molecule has 6 nitrogen and oxygen atoms in total. The van der Waals surface area contributed by atoms with E-state index in [1.54, 1.807) is 0 Å². The number of ether oxygens (including phenoxy) is 2. The predicted octanol–water partition coefficient (Wildman–Crippen LogP) is 0.263. The average molecular weight is 234 g/mol. The molecule has 8 heteroatoms. The van der Waals surface area contributed by atoms with E-state index in [4.69, 9.17) is 15.3 Å². The van der Waals surface area contributed by atoms with Gasteiger partial charge in [-0.25, -0.2) is 19.2 Å². The minimum atomic E-state index is -2.72. The van der Waals surface area contributed by atoms with Crippen molar-refractivity contribution in [3.05, 3.63) is 11.9 Å². The standard InChI is InChI=1S/C8H12F2N4O2/c1-15-4-3-12-6(8(13-4)16-2)5(14-11)7(9)10/h3,5,7,14H,11H2,1-2H3. The van der Waals surface area contributed by atoms with Crippen LogP contribution < -0.4 is 20.7 Å². The molecule has 0 aliphatic heterocycles. The van der Waals surface area contributed by atoms with Crippen LogP contribution in [0.3, 0.4) is 0 Å². The molecule has 0 saturated carbocycles. The highest BCUT2D eigenvalue weighted by Gasteiger charge is 2.27. The van der Waals surface area contributed by atoms with Crippen molar-refractivity contribution in [1.82, 2.24) is 15.4 Å². The number of aromatic nitrogens is 2. The van der Waals surface area contributed by atoms with Gasteiger partial charge in [0.25, 0.3) is 6.43 Å². The summed E-state index contributed by atoms with van der Waals surface area (Å²) in [5.41, 5.74) is 1.89. The molecule has 0 fully saturated rings. The Morgan fingerprint density at radius 2 is 2.06 bits per heavy atom. The van der Waals surface area contributed by atoms with Gasteiger partial charge in [-0.05, 0) is 0 Å². The van der Waals surface area contributed by atoms with Gasteiger partial charge in [0.15, 0.2) is 0 Å². The SMILES string of the molecule is COc1cnc(C(NN)C(F)F)c(OC)n1. The van der Waals surface area contributed by atoms with E-state index in [1.807, 2.05) is 5.43 Å². The van der Waals surface area contributed by atoms with Crippen molar-refractivity contribution in [3.8, 4) is 11.8 Å². The molecule has 3 N–H and O–H groups in total. The zero-order valence-electron chi connectivity index (χ0n) is 8.78. The molecule has 1 aromatic rings. The number of nitrogens with two attached hydrogens (primary N) is 1. The first kappa shape index (κ1) is 12.5. The van der Waals surface area contributed by atoms with Crippen molar-refractivity contribution in [3.63, 3.8) is 0 Å². The number of nitrogens with one attached hydrogen (secondary N) is 1. The fourth-order valence-corrected chi connectivity index (χ4v) is 1.10. The van der Waals surface area contributed by atoms with Crippen molar-refractivity contribution in [2.45, 2.75) is 12.5 Å². The molecule has 0 aliphatic rings. The highest BCUT2D eigenvalue weighted by molar-refractivity contribution is 5.26. The monoisotopic (exact) mass is 234 g/mol. The maximum atomic E-state index is 12.6. The fraction of sp³-hybridized carbons (Fsp3) is 0.500. The number of nitrogens with zero attached hydrogens (tertiary/aromatic N) is 2. The van der Waals surface area contributed by atoms with Gasteiger partial charge in [0, 0.05) is 0 Å². The van der Waals surface area contributed by atoms with Gasteiger partial charge in [0.05, 0.1) is 20.4 Å². The van der Waals surface area contributed by atoms with E-state index in [0.717, 1.165) is 0 Å². The zero-order chi connectivity index (χ0) is 12.1. The lowest BCUT2D eigenvalue weighted by atomic mass is 10.2. The summed E-state index contributed by atoms with van der Waals surface area (Å²) >= 11 is 0. The van der Waals surface area contributed by atoms with E-state index < -0.39 is 12.5 Å². The zero-order valence-corrected chi connectivity index (χ0v) is 8.78. The van der Waals surface area contributed by atoms with Gasteiger partial charge >= 0.3 is 0 Å². The molecule has 1 rings (SSSR count). The Kier molecular flexibility index (Phi) is 4.32. The number of hydrogen-bond donors (Lipinski definition) is 2. The van der Waals surface area contributed by atoms with E-state index in [9.17, 15) is 8.78 Å². The number of hydrazine groups is 1. The summed E-state index contributed by atoms with van der Waals surface area (Å²) in [6.45, 7) is 0. The van der Waals surface area contributed by atoms with Crippen LogP contribution in [-0.4, -0.2) is 30.6 Å². The molecule has 1 atom stereocenters. The first-order valence-electron chi connectivity index (χ1n) is 4.33. The molecule has 0 amide bonds. The first-order valence-corrected chi connectivity index (χ1v) is 4.33. The Labute approximate surface area is 90.7 Å². The lowest BCUT2D eigenvalue weighted by Gasteiger charge is -2.16. The second-order valence-corrected chi connectivity index (χ2v) is 2.79.